The lowest BCUT2D eigenvalue weighted by molar-refractivity contribution is 0.0475. The summed E-state index contributed by atoms with van der Waals surface area (Å²) in [6, 6.07) is 9.90. The first kappa shape index (κ1) is 20.9. The molecule has 2 aromatic rings. The smallest absolute Gasteiger partial charge is 0.261 e. The van der Waals surface area contributed by atoms with Crippen LogP contribution in [-0.2, 0) is 11.3 Å². The molecule has 2 aromatic carbocycles. The Bertz CT molecular complexity index is 1030. The molecule has 31 heavy (non-hydrogen) atoms. The molecule has 0 bridgehead atoms. The third-order valence-corrected chi connectivity index (χ3v) is 5.58. The van der Waals surface area contributed by atoms with Crippen LogP contribution in [-0.4, -0.2) is 56.1 Å². The molecule has 3 amide bonds. The molecule has 0 radical (unpaired) electrons. The Morgan fingerprint density at radius 3 is 2.61 bits per heavy atom. The number of methoxy groups -OCH3 is 2. The van der Waals surface area contributed by atoms with E-state index < -0.39 is 0 Å². The van der Waals surface area contributed by atoms with Crippen molar-refractivity contribution in [1.82, 2.24) is 10.2 Å². The molecule has 0 aromatic heterocycles. The van der Waals surface area contributed by atoms with Gasteiger partial charge in [-0.3, -0.25) is 19.3 Å². The van der Waals surface area contributed by atoms with Crippen LogP contribution < -0.4 is 14.8 Å². The van der Waals surface area contributed by atoms with E-state index in [-0.39, 0.29) is 42.5 Å². The van der Waals surface area contributed by atoms with E-state index in [0.29, 0.717) is 29.2 Å². The lowest BCUT2D eigenvalue weighted by Gasteiger charge is -2.17. The molecule has 1 N–H and O–H groups in total. The number of rotatable bonds is 7. The van der Waals surface area contributed by atoms with E-state index in [2.05, 4.69) is 5.32 Å². The van der Waals surface area contributed by atoms with Crippen LogP contribution in [0.1, 0.15) is 49.5 Å². The lowest BCUT2D eigenvalue weighted by atomic mass is 10.1. The van der Waals surface area contributed by atoms with E-state index in [1.165, 1.54) is 17.0 Å². The average molecular weight is 424 g/mol. The highest BCUT2D eigenvalue weighted by molar-refractivity contribution is 6.22. The molecule has 162 valence electrons. The zero-order valence-corrected chi connectivity index (χ0v) is 17.5. The maximum Gasteiger partial charge on any atom is 0.261 e. The van der Waals surface area contributed by atoms with Crippen molar-refractivity contribution in [2.75, 3.05) is 27.4 Å². The second-order valence-electron chi connectivity index (χ2n) is 7.48. The molecular formula is C23H24N2O6. The second-order valence-corrected chi connectivity index (χ2v) is 7.48. The van der Waals surface area contributed by atoms with Crippen LogP contribution >= 0.6 is 0 Å². The van der Waals surface area contributed by atoms with Gasteiger partial charge in [-0.25, -0.2) is 0 Å². The van der Waals surface area contributed by atoms with Gasteiger partial charge in [0.2, 0.25) is 0 Å². The van der Waals surface area contributed by atoms with Gasteiger partial charge in [-0.05, 0) is 43.2 Å². The minimum atomic E-state index is -0.387. The van der Waals surface area contributed by atoms with Gasteiger partial charge in [-0.1, -0.05) is 0 Å². The number of carbonyl (C=O) groups is 3. The highest BCUT2D eigenvalue weighted by Gasteiger charge is 2.37. The van der Waals surface area contributed by atoms with Gasteiger partial charge in [0.25, 0.3) is 17.7 Å². The second kappa shape index (κ2) is 8.77. The molecule has 1 unspecified atom stereocenters. The maximum atomic E-state index is 12.8. The number of fused-ring (bicyclic) bond motifs is 1. The number of nitrogens with zero attached hydrogens (tertiary/aromatic N) is 1. The minimum absolute atomic E-state index is 0.121. The first-order valence-corrected chi connectivity index (χ1v) is 10.1. The fourth-order valence-electron chi connectivity index (χ4n) is 3.87. The number of hydrogen-bond donors (Lipinski definition) is 1. The summed E-state index contributed by atoms with van der Waals surface area (Å²) in [4.78, 5) is 39.3. The van der Waals surface area contributed by atoms with E-state index in [1.54, 1.807) is 32.4 Å². The SMILES string of the molecule is COc1ccc(CNC(=O)c2ccc3c(c2)C(=O)N(CC2CCCO2)C3=O)c(OC)c1. The Kier molecular flexibility index (Phi) is 5.90. The highest BCUT2D eigenvalue weighted by Crippen LogP contribution is 2.27. The number of hydrogen-bond acceptors (Lipinski definition) is 6. The largest absolute Gasteiger partial charge is 0.497 e. The van der Waals surface area contributed by atoms with Crippen LogP contribution in [0.25, 0.3) is 0 Å². The summed E-state index contributed by atoms with van der Waals surface area (Å²) in [5.74, 6) is 0.173. The van der Waals surface area contributed by atoms with Crippen molar-refractivity contribution in [2.24, 2.45) is 0 Å². The average Bonchev–Trinajstić information content (AvgIpc) is 3.40. The topological polar surface area (TPSA) is 94.2 Å². The molecule has 2 aliphatic heterocycles. The Morgan fingerprint density at radius 2 is 1.90 bits per heavy atom. The predicted molar refractivity (Wildman–Crippen MR) is 111 cm³/mol. The van der Waals surface area contributed by atoms with Gasteiger partial charge in [0.15, 0.2) is 0 Å². The Balaban J connectivity index is 1.46. The zero-order valence-electron chi connectivity index (χ0n) is 17.5. The number of nitrogens with one attached hydrogen (secondary N) is 1. The molecule has 8 nitrogen and oxygen atoms in total. The van der Waals surface area contributed by atoms with Gasteiger partial charge < -0.3 is 19.5 Å². The molecule has 1 atom stereocenters. The lowest BCUT2D eigenvalue weighted by Crippen LogP contribution is -2.36. The van der Waals surface area contributed by atoms with Gasteiger partial charge in [0.1, 0.15) is 11.5 Å². The molecule has 1 fully saturated rings. The quantitative estimate of drug-likeness (QED) is 0.686. The molecule has 0 saturated carbocycles. The van der Waals surface area contributed by atoms with Crippen molar-refractivity contribution in [3.63, 3.8) is 0 Å². The van der Waals surface area contributed by atoms with Crippen LogP contribution in [0.2, 0.25) is 0 Å². The molecule has 4 rings (SSSR count). The third-order valence-electron chi connectivity index (χ3n) is 5.58. The van der Waals surface area contributed by atoms with Crippen molar-refractivity contribution in [3.8, 4) is 11.5 Å². The normalized spacial score (nSPS) is 17.6. The van der Waals surface area contributed by atoms with Gasteiger partial charge >= 0.3 is 0 Å². The van der Waals surface area contributed by atoms with E-state index in [9.17, 15) is 14.4 Å². The summed E-state index contributed by atoms with van der Waals surface area (Å²) in [6.07, 6.45) is 1.64. The van der Waals surface area contributed by atoms with E-state index in [1.807, 2.05) is 6.07 Å². The summed E-state index contributed by atoms with van der Waals surface area (Å²) in [6.45, 7) is 1.13. The van der Waals surface area contributed by atoms with Crippen molar-refractivity contribution in [2.45, 2.75) is 25.5 Å². The van der Waals surface area contributed by atoms with Crippen molar-refractivity contribution in [3.05, 3.63) is 58.7 Å². The number of benzene rings is 2. The van der Waals surface area contributed by atoms with Gasteiger partial charge in [-0.15, -0.1) is 0 Å². The number of amides is 3. The fourth-order valence-corrected chi connectivity index (χ4v) is 3.87. The maximum absolute atomic E-state index is 12.8. The summed E-state index contributed by atoms with van der Waals surface area (Å²) in [5, 5.41) is 2.83. The van der Waals surface area contributed by atoms with Crippen LogP contribution in [0.4, 0.5) is 0 Å². The molecule has 2 aliphatic rings. The number of imide groups is 1. The van der Waals surface area contributed by atoms with Gasteiger partial charge in [-0.2, -0.15) is 0 Å². The van der Waals surface area contributed by atoms with E-state index >= 15 is 0 Å². The van der Waals surface area contributed by atoms with E-state index in [0.717, 1.165) is 18.4 Å². The highest BCUT2D eigenvalue weighted by atomic mass is 16.5. The fraction of sp³-hybridized carbons (Fsp3) is 0.348. The van der Waals surface area contributed by atoms with E-state index in [4.69, 9.17) is 14.2 Å². The Labute approximate surface area is 180 Å². The predicted octanol–water partition coefficient (Wildman–Crippen LogP) is 2.41. The molecule has 0 aliphatic carbocycles. The molecule has 2 heterocycles. The monoisotopic (exact) mass is 424 g/mol. The van der Waals surface area contributed by atoms with Crippen LogP contribution in [0.5, 0.6) is 11.5 Å². The minimum Gasteiger partial charge on any atom is -0.497 e. The summed E-state index contributed by atoms with van der Waals surface area (Å²) in [7, 11) is 3.11. The van der Waals surface area contributed by atoms with Gasteiger partial charge in [0, 0.05) is 30.3 Å². The van der Waals surface area contributed by atoms with Crippen LogP contribution in [0.15, 0.2) is 36.4 Å². The third kappa shape index (κ3) is 4.11. The number of ether oxygens (including phenoxy) is 3. The summed E-state index contributed by atoms with van der Waals surface area (Å²) in [5.41, 5.74) is 1.66. The zero-order chi connectivity index (χ0) is 22.0. The Morgan fingerprint density at radius 1 is 1.10 bits per heavy atom. The number of carbonyl (C=O) groups excluding carboxylic acids is 3. The summed E-state index contributed by atoms with van der Waals surface area (Å²) >= 11 is 0. The Hall–Kier alpha value is -3.39. The molecule has 1 saturated heterocycles. The van der Waals surface area contributed by atoms with Crippen molar-refractivity contribution in [1.29, 1.82) is 0 Å². The van der Waals surface area contributed by atoms with Gasteiger partial charge in [0.05, 0.1) is 38.0 Å². The molecular weight excluding hydrogens is 400 g/mol. The molecule has 8 heteroatoms. The molecule has 0 spiro atoms. The van der Waals surface area contributed by atoms with Crippen LogP contribution in [0.3, 0.4) is 0 Å². The standard InChI is InChI=1S/C23H24N2O6/c1-29-16-7-5-15(20(11-16)30-2)12-24-21(26)14-6-8-18-19(10-14)23(28)25(22(18)27)13-17-4-3-9-31-17/h5-8,10-11,17H,3-4,9,12-13H2,1-2H3,(H,24,26). The summed E-state index contributed by atoms with van der Waals surface area (Å²) < 4.78 is 16.1. The first-order valence-electron chi connectivity index (χ1n) is 10.1. The first-order chi connectivity index (χ1) is 15.0. The van der Waals surface area contributed by atoms with Crippen molar-refractivity contribution >= 4 is 17.7 Å². The van der Waals surface area contributed by atoms with Crippen molar-refractivity contribution < 1.29 is 28.6 Å². The van der Waals surface area contributed by atoms with Crippen LogP contribution in [0, 0.1) is 0 Å².